The fraction of sp³-hybridized carbons (Fsp3) is 0.769. The van der Waals surface area contributed by atoms with Crippen molar-refractivity contribution in [1.29, 1.82) is 0 Å². The fourth-order valence-corrected chi connectivity index (χ4v) is 3.37. The van der Waals surface area contributed by atoms with Crippen LogP contribution in [0.15, 0.2) is 5.38 Å². The Morgan fingerprint density at radius 2 is 2.31 bits per heavy atom. The van der Waals surface area contributed by atoms with Gasteiger partial charge in [0.25, 0.3) is 0 Å². The van der Waals surface area contributed by atoms with Gasteiger partial charge in [-0.05, 0) is 38.1 Å². The maximum atomic E-state index is 4.60. The van der Waals surface area contributed by atoms with Gasteiger partial charge in [-0.3, -0.25) is 0 Å². The van der Waals surface area contributed by atoms with Crippen molar-refractivity contribution in [3.63, 3.8) is 0 Å². The number of hydrogen-bond acceptors (Lipinski definition) is 3. The first-order valence-electron chi connectivity index (χ1n) is 6.36. The first-order chi connectivity index (χ1) is 7.74. The second-order valence-electron chi connectivity index (χ2n) is 5.09. The molecule has 1 N–H and O–H groups in total. The normalized spacial score (nSPS) is 18.4. The molecule has 0 aliphatic heterocycles. The van der Waals surface area contributed by atoms with Crippen molar-refractivity contribution in [2.45, 2.75) is 46.0 Å². The Bertz CT molecular complexity index is 328. The van der Waals surface area contributed by atoms with Crippen molar-refractivity contribution in [2.75, 3.05) is 13.1 Å². The molecule has 1 aliphatic rings. The van der Waals surface area contributed by atoms with E-state index in [4.69, 9.17) is 0 Å². The van der Waals surface area contributed by atoms with Gasteiger partial charge in [0.2, 0.25) is 0 Å². The topological polar surface area (TPSA) is 24.9 Å². The predicted octanol–water partition coefficient (Wildman–Crippen LogP) is 3.16. The smallest absolute Gasteiger partial charge is 0.0934 e. The molecule has 3 heteroatoms. The van der Waals surface area contributed by atoms with Crippen molar-refractivity contribution < 1.29 is 0 Å². The van der Waals surface area contributed by atoms with Gasteiger partial charge < -0.3 is 5.32 Å². The van der Waals surface area contributed by atoms with Crippen LogP contribution in [0, 0.1) is 12.3 Å². The summed E-state index contributed by atoms with van der Waals surface area (Å²) in [5.41, 5.74) is 1.70. The largest absolute Gasteiger partial charge is 0.316 e. The summed E-state index contributed by atoms with van der Waals surface area (Å²) in [6.45, 7) is 6.64. The summed E-state index contributed by atoms with van der Waals surface area (Å²) in [7, 11) is 0. The van der Waals surface area contributed by atoms with Crippen molar-refractivity contribution in [2.24, 2.45) is 5.41 Å². The molecular formula is C13H22N2S. The maximum absolute atomic E-state index is 4.60. The van der Waals surface area contributed by atoms with E-state index in [-0.39, 0.29) is 0 Å². The van der Waals surface area contributed by atoms with Crippen LogP contribution in [0.4, 0.5) is 0 Å². The van der Waals surface area contributed by atoms with Gasteiger partial charge in [-0.25, -0.2) is 4.98 Å². The molecule has 0 amide bonds. The molecule has 1 fully saturated rings. The Morgan fingerprint density at radius 3 is 2.81 bits per heavy atom. The van der Waals surface area contributed by atoms with Gasteiger partial charge >= 0.3 is 0 Å². The number of aryl methyl sites for hydroxylation is 1. The van der Waals surface area contributed by atoms with Gasteiger partial charge in [0.15, 0.2) is 0 Å². The first kappa shape index (κ1) is 12.1. The van der Waals surface area contributed by atoms with Crippen LogP contribution in [0.3, 0.4) is 0 Å². The number of rotatable bonds is 6. The van der Waals surface area contributed by atoms with Crippen LogP contribution in [-0.2, 0) is 6.42 Å². The second kappa shape index (κ2) is 5.28. The molecule has 0 bridgehead atoms. The van der Waals surface area contributed by atoms with E-state index in [0.717, 1.165) is 6.54 Å². The van der Waals surface area contributed by atoms with Gasteiger partial charge in [-0.2, -0.15) is 0 Å². The minimum Gasteiger partial charge on any atom is -0.316 e. The standard InChI is InChI=1S/C13H22N2S/c1-3-7-14-10-13(5-4-6-13)8-12-15-11(2)9-16-12/h9,14H,3-8,10H2,1-2H3. The molecule has 1 aliphatic carbocycles. The molecule has 2 rings (SSSR count). The molecule has 0 aromatic carbocycles. The van der Waals surface area contributed by atoms with E-state index in [1.807, 2.05) is 11.3 Å². The van der Waals surface area contributed by atoms with Crippen LogP contribution in [0.2, 0.25) is 0 Å². The average molecular weight is 238 g/mol. The van der Waals surface area contributed by atoms with Crippen LogP contribution in [0.5, 0.6) is 0 Å². The molecule has 0 radical (unpaired) electrons. The van der Waals surface area contributed by atoms with Crippen LogP contribution >= 0.6 is 11.3 Å². The molecule has 2 nitrogen and oxygen atoms in total. The second-order valence-corrected chi connectivity index (χ2v) is 6.03. The number of hydrogen-bond donors (Lipinski definition) is 1. The number of nitrogens with zero attached hydrogens (tertiary/aromatic N) is 1. The highest BCUT2D eigenvalue weighted by Crippen LogP contribution is 2.43. The number of thiazole rings is 1. The van der Waals surface area contributed by atoms with E-state index in [1.165, 1.54) is 49.4 Å². The number of nitrogens with one attached hydrogen (secondary N) is 1. The van der Waals surface area contributed by atoms with Gasteiger partial charge in [0.1, 0.15) is 0 Å². The zero-order valence-corrected chi connectivity index (χ0v) is 11.2. The van der Waals surface area contributed by atoms with Gasteiger partial charge in [0.05, 0.1) is 5.01 Å². The van der Waals surface area contributed by atoms with Crippen LogP contribution < -0.4 is 5.32 Å². The summed E-state index contributed by atoms with van der Waals surface area (Å²) in [4.78, 5) is 4.60. The highest BCUT2D eigenvalue weighted by Gasteiger charge is 2.37. The molecule has 16 heavy (non-hydrogen) atoms. The Morgan fingerprint density at radius 1 is 1.50 bits per heavy atom. The van der Waals surface area contributed by atoms with Crippen LogP contribution in [0.1, 0.15) is 43.3 Å². The third kappa shape index (κ3) is 2.83. The molecule has 1 heterocycles. The lowest BCUT2D eigenvalue weighted by atomic mass is 9.66. The maximum Gasteiger partial charge on any atom is 0.0934 e. The van der Waals surface area contributed by atoms with Crippen LogP contribution in [0.25, 0.3) is 0 Å². The molecule has 0 saturated heterocycles. The summed E-state index contributed by atoms with van der Waals surface area (Å²) in [6.07, 6.45) is 6.57. The van der Waals surface area contributed by atoms with E-state index in [9.17, 15) is 0 Å². The summed E-state index contributed by atoms with van der Waals surface area (Å²) in [5, 5.41) is 7.08. The lowest BCUT2D eigenvalue weighted by Gasteiger charge is -2.41. The van der Waals surface area contributed by atoms with Crippen LogP contribution in [-0.4, -0.2) is 18.1 Å². The van der Waals surface area contributed by atoms with E-state index >= 15 is 0 Å². The summed E-state index contributed by atoms with van der Waals surface area (Å²) < 4.78 is 0. The van der Waals surface area contributed by atoms with Gasteiger partial charge in [-0.15, -0.1) is 11.3 Å². The van der Waals surface area contributed by atoms with E-state index in [1.54, 1.807) is 0 Å². The summed E-state index contributed by atoms with van der Waals surface area (Å²) in [6, 6.07) is 0. The first-order valence-corrected chi connectivity index (χ1v) is 7.24. The third-order valence-corrected chi connectivity index (χ3v) is 4.50. The quantitative estimate of drug-likeness (QED) is 0.770. The molecule has 0 atom stereocenters. The molecule has 1 saturated carbocycles. The van der Waals surface area contributed by atoms with Gasteiger partial charge in [-0.1, -0.05) is 13.3 Å². The average Bonchev–Trinajstić information content (AvgIpc) is 2.60. The third-order valence-electron chi connectivity index (χ3n) is 3.53. The fourth-order valence-electron chi connectivity index (χ4n) is 2.43. The highest BCUT2D eigenvalue weighted by atomic mass is 32.1. The number of aromatic nitrogens is 1. The SMILES string of the molecule is CCCNCC1(Cc2nc(C)cs2)CCC1. The zero-order chi connectivity index (χ0) is 11.4. The van der Waals surface area contributed by atoms with Crippen molar-refractivity contribution in [1.82, 2.24) is 10.3 Å². The Kier molecular flexibility index (Phi) is 3.98. The molecule has 0 unspecified atom stereocenters. The Labute approximate surface area is 102 Å². The van der Waals surface area contributed by atoms with E-state index < -0.39 is 0 Å². The Hall–Kier alpha value is -0.410. The minimum absolute atomic E-state index is 0.527. The van der Waals surface area contributed by atoms with Crippen molar-refractivity contribution in [3.05, 3.63) is 16.1 Å². The monoisotopic (exact) mass is 238 g/mol. The molecule has 90 valence electrons. The minimum atomic E-state index is 0.527. The van der Waals surface area contributed by atoms with Crippen molar-refractivity contribution in [3.8, 4) is 0 Å². The molecule has 0 spiro atoms. The zero-order valence-electron chi connectivity index (χ0n) is 10.4. The lowest BCUT2D eigenvalue weighted by Crippen LogP contribution is -2.41. The summed E-state index contributed by atoms with van der Waals surface area (Å²) >= 11 is 1.83. The lowest BCUT2D eigenvalue weighted by molar-refractivity contribution is 0.130. The van der Waals surface area contributed by atoms with Gasteiger partial charge in [0, 0.05) is 24.0 Å². The molecule has 1 aromatic heterocycles. The van der Waals surface area contributed by atoms with Crippen molar-refractivity contribution >= 4 is 11.3 Å². The Balaban J connectivity index is 1.89. The highest BCUT2D eigenvalue weighted by molar-refractivity contribution is 7.09. The summed E-state index contributed by atoms with van der Waals surface area (Å²) in [5.74, 6) is 0. The molecule has 1 aromatic rings. The van der Waals surface area contributed by atoms with E-state index in [0.29, 0.717) is 5.41 Å². The molecular weight excluding hydrogens is 216 g/mol. The van der Waals surface area contributed by atoms with E-state index in [2.05, 4.69) is 29.5 Å². The predicted molar refractivity (Wildman–Crippen MR) is 70.0 cm³/mol.